The largest absolute Gasteiger partial charge is 0.443 e. The summed E-state index contributed by atoms with van der Waals surface area (Å²) in [5.74, 6) is 0. The zero-order valence-electron chi connectivity index (χ0n) is 13.6. The number of pyridine rings is 1. The average molecular weight is 381 g/mol. The number of nitrogens with one attached hydrogen (secondary N) is 1. The van der Waals surface area contributed by atoms with Crippen LogP contribution in [0.5, 0.6) is 0 Å². The lowest BCUT2D eigenvalue weighted by Gasteiger charge is -2.35. The smallest absolute Gasteiger partial charge is 0.415 e. The highest BCUT2D eigenvalue weighted by Crippen LogP contribution is 2.27. The van der Waals surface area contributed by atoms with E-state index in [1.807, 2.05) is 26.8 Å². The highest BCUT2D eigenvalue weighted by atomic mass is 79.9. The summed E-state index contributed by atoms with van der Waals surface area (Å²) in [7, 11) is 0. The SMILES string of the molecule is CC(C)(C)OC(=O)N(c1cnc(C#N)c(Br)c1)[C@@H]1CCCNC1. The molecule has 1 atom stereocenters. The fourth-order valence-electron chi connectivity index (χ4n) is 2.47. The Labute approximate surface area is 145 Å². The molecular formula is C16H21BrN4O2. The Kier molecular flexibility index (Phi) is 5.60. The number of hydrogen-bond donors (Lipinski definition) is 1. The Morgan fingerprint density at radius 2 is 2.30 bits per heavy atom. The molecule has 124 valence electrons. The number of ether oxygens (including phenoxy) is 1. The minimum Gasteiger partial charge on any atom is -0.443 e. The van der Waals surface area contributed by atoms with E-state index in [0.29, 0.717) is 22.4 Å². The molecule has 1 saturated heterocycles. The van der Waals surface area contributed by atoms with Gasteiger partial charge in [-0.2, -0.15) is 5.26 Å². The van der Waals surface area contributed by atoms with E-state index < -0.39 is 11.7 Å². The normalized spacial score (nSPS) is 18.1. The molecule has 0 aliphatic carbocycles. The molecule has 0 radical (unpaired) electrons. The van der Waals surface area contributed by atoms with Crippen LogP contribution in [0.2, 0.25) is 0 Å². The van der Waals surface area contributed by atoms with Gasteiger partial charge in [-0.1, -0.05) is 0 Å². The Morgan fingerprint density at radius 1 is 1.57 bits per heavy atom. The zero-order valence-corrected chi connectivity index (χ0v) is 15.2. The van der Waals surface area contributed by atoms with Gasteiger partial charge in [0.1, 0.15) is 11.7 Å². The first-order valence-electron chi connectivity index (χ1n) is 7.60. The molecule has 0 bridgehead atoms. The predicted octanol–water partition coefficient (Wildman–Crippen LogP) is 3.21. The molecule has 0 unspecified atom stereocenters. The van der Waals surface area contributed by atoms with E-state index in [0.717, 1.165) is 19.4 Å². The van der Waals surface area contributed by atoms with Gasteiger partial charge >= 0.3 is 6.09 Å². The van der Waals surface area contributed by atoms with Crippen molar-refractivity contribution in [1.82, 2.24) is 10.3 Å². The number of amides is 1. The van der Waals surface area contributed by atoms with E-state index in [9.17, 15) is 4.79 Å². The lowest BCUT2D eigenvalue weighted by atomic mass is 10.1. The summed E-state index contributed by atoms with van der Waals surface area (Å²) < 4.78 is 6.12. The van der Waals surface area contributed by atoms with Crippen molar-refractivity contribution in [3.63, 3.8) is 0 Å². The molecule has 1 aliphatic rings. The average Bonchev–Trinajstić information content (AvgIpc) is 2.47. The van der Waals surface area contributed by atoms with E-state index in [1.54, 1.807) is 17.2 Å². The van der Waals surface area contributed by atoms with Gasteiger partial charge in [0.05, 0.1) is 22.4 Å². The summed E-state index contributed by atoms with van der Waals surface area (Å²) in [5.41, 5.74) is 0.341. The Bertz CT molecular complexity index is 615. The molecule has 2 heterocycles. The topological polar surface area (TPSA) is 78.2 Å². The fraction of sp³-hybridized carbons (Fsp3) is 0.562. The van der Waals surface area contributed by atoms with E-state index in [-0.39, 0.29) is 6.04 Å². The molecule has 1 aliphatic heterocycles. The number of nitriles is 1. The highest BCUT2D eigenvalue weighted by Gasteiger charge is 2.31. The molecular weight excluding hydrogens is 360 g/mol. The Morgan fingerprint density at radius 3 is 2.83 bits per heavy atom. The maximum Gasteiger partial charge on any atom is 0.415 e. The number of carbonyl (C=O) groups excluding carboxylic acids is 1. The van der Waals surface area contributed by atoms with Crippen LogP contribution in [0.3, 0.4) is 0 Å². The molecule has 6 nitrogen and oxygen atoms in total. The predicted molar refractivity (Wildman–Crippen MR) is 91.3 cm³/mol. The first-order valence-corrected chi connectivity index (χ1v) is 8.39. The first kappa shape index (κ1) is 17.7. The maximum absolute atomic E-state index is 12.7. The molecule has 1 N–H and O–H groups in total. The quantitative estimate of drug-likeness (QED) is 0.851. The second-order valence-corrected chi connectivity index (χ2v) is 7.34. The van der Waals surface area contributed by atoms with E-state index in [2.05, 4.69) is 26.2 Å². The minimum atomic E-state index is -0.575. The summed E-state index contributed by atoms with van der Waals surface area (Å²) >= 11 is 3.33. The van der Waals surface area contributed by atoms with Crippen LogP contribution in [0, 0.1) is 11.3 Å². The zero-order chi connectivity index (χ0) is 17.0. The second-order valence-electron chi connectivity index (χ2n) is 6.49. The van der Waals surface area contributed by atoms with Crippen LogP contribution in [-0.2, 0) is 4.74 Å². The van der Waals surface area contributed by atoms with Crippen molar-refractivity contribution in [3.05, 3.63) is 22.4 Å². The van der Waals surface area contributed by atoms with Crippen LogP contribution in [-0.4, -0.2) is 35.8 Å². The molecule has 2 rings (SSSR count). The molecule has 23 heavy (non-hydrogen) atoms. The summed E-state index contributed by atoms with van der Waals surface area (Å²) in [6.07, 6.45) is 3.03. The molecule has 1 fully saturated rings. The van der Waals surface area contributed by atoms with Crippen LogP contribution in [0.4, 0.5) is 10.5 Å². The number of hydrogen-bond acceptors (Lipinski definition) is 5. The summed E-state index contributed by atoms with van der Waals surface area (Å²) in [5, 5.41) is 12.3. The fourth-order valence-corrected chi connectivity index (χ4v) is 2.90. The third-order valence-corrected chi connectivity index (χ3v) is 4.04. The van der Waals surface area contributed by atoms with Crippen molar-refractivity contribution in [2.45, 2.75) is 45.3 Å². The number of carbonyl (C=O) groups is 1. The lowest BCUT2D eigenvalue weighted by Crippen LogP contribution is -2.50. The first-order chi connectivity index (χ1) is 10.8. The van der Waals surface area contributed by atoms with E-state index >= 15 is 0 Å². The van der Waals surface area contributed by atoms with Gasteiger partial charge in [0.15, 0.2) is 5.69 Å². The molecule has 0 saturated carbocycles. The van der Waals surface area contributed by atoms with Crippen molar-refractivity contribution >= 4 is 27.7 Å². The molecule has 1 aromatic heterocycles. The molecule has 1 aromatic rings. The van der Waals surface area contributed by atoms with Crippen LogP contribution in [0.15, 0.2) is 16.7 Å². The second kappa shape index (κ2) is 7.28. The van der Waals surface area contributed by atoms with Gasteiger partial charge in [-0.05, 0) is 62.2 Å². The van der Waals surface area contributed by atoms with Crippen LogP contribution in [0.1, 0.15) is 39.3 Å². The standard InChI is InChI=1S/C16H21BrN4O2/c1-16(2,3)23-15(22)21(11-5-4-6-19-9-11)12-7-13(17)14(8-18)20-10-12/h7,10-11,19H,4-6,9H2,1-3H3/t11-/m1/s1. The van der Waals surface area contributed by atoms with Crippen LogP contribution >= 0.6 is 15.9 Å². The molecule has 1 amide bonds. The van der Waals surface area contributed by atoms with Crippen molar-refractivity contribution in [1.29, 1.82) is 5.26 Å². The summed E-state index contributed by atoms with van der Waals surface area (Å²) in [4.78, 5) is 18.4. The number of anilines is 1. The third-order valence-electron chi connectivity index (χ3n) is 3.44. The minimum absolute atomic E-state index is 0.000218. The van der Waals surface area contributed by atoms with Crippen LogP contribution in [0.25, 0.3) is 0 Å². The number of nitrogens with zero attached hydrogens (tertiary/aromatic N) is 3. The van der Waals surface area contributed by atoms with Gasteiger partial charge < -0.3 is 10.1 Å². The van der Waals surface area contributed by atoms with Gasteiger partial charge in [0.2, 0.25) is 0 Å². The van der Waals surface area contributed by atoms with Crippen molar-refractivity contribution in [3.8, 4) is 6.07 Å². The van der Waals surface area contributed by atoms with Crippen molar-refractivity contribution < 1.29 is 9.53 Å². The maximum atomic E-state index is 12.7. The summed E-state index contributed by atoms with van der Waals surface area (Å²) in [6, 6.07) is 3.74. The number of piperidine rings is 1. The van der Waals surface area contributed by atoms with Gasteiger partial charge in [-0.15, -0.1) is 0 Å². The van der Waals surface area contributed by atoms with Crippen molar-refractivity contribution in [2.24, 2.45) is 0 Å². The third kappa shape index (κ3) is 4.66. The van der Waals surface area contributed by atoms with Gasteiger partial charge in [0, 0.05) is 6.54 Å². The number of rotatable bonds is 2. The van der Waals surface area contributed by atoms with Gasteiger partial charge in [-0.3, -0.25) is 4.90 Å². The number of aromatic nitrogens is 1. The van der Waals surface area contributed by atoms with Gasteiger partial charge in [-0.25, -0.2) is 9.78 Å². The van der Waals surface area contributed by atoms with Gasteiger partial charge in [0.25, 0.3) is 0 Å². The molecule has 7 heteroatoms. The Balaban J connectivity index is 2.34. The van der Waals surface area contributed by atoms with Crippen LogP contribution < -0.4 is 10.2 Å². The Hall–Kier alpha value is -1.65. The summed E-state index contributed by atoms with van der Waals surface area (Å²) in [6.45, 7) is 7.18. The van der Waals surface area contributed by atoms with E-state index in [1.165, 1.54) is 0 Å². The van der Waals surface area contributed by atoms with Crippen molar-refractivity contribution in [2.75, 3.05) is 18.0 Å². The monoisotopic (exact) mass is 380 g/mol. The number of halogens is 1. The molecule has 0 spiro atoms. The van der Waals surface area contributed by atoms with E-state index in [4.69, 9.17) is 10.00 Å². The molecule has 0 aromatic carbocycles. The highest BCUT2D eigenvalue weighted by molar-refractivity contribution is 9.10. The lowest BCUT2D eigenvalue weighted by molar-refractivity contribution is 0.0560.